The Morgan fingerprint density at radius 1 is 1.55 bits per heavy atom. The van der Waals surface area contributed by atoms with Gasteiger partial charge in [-0.05, 0) is 38.8 Å². The van der Waals surface area contributed by atoms with Crippen molar-refractivity contribution in [3.8, 4) is 0 Å². The van der Waals surface area contributed by atoms with Gasteiger partial charge in [0.2, 0.25) is 0 Å². The molecule has 1 N–H and O–H groups in total. The third-order valence-corrected chi connectivity index (χ3v) is 3.16. The first-order valence-corrected chi connectivity index (χ1v) is 7.04. The van der Waals surface area contributed by atoms with Crippen LogP contribution in [-0.2, 0) is 11.3 Å². The molecule has 0 bridgehead atoms. The lowest BCUT2D eigenvalue weighted by molar-refractivity contribution is 0.0291. The SMILES string of the molecule is CC(C)(C)OC(=O)N1CC[C@H](NCc2cccnc2)C1. The molecule has 20 heavy (non-hydrogen) atoms. The molecular formula is C15H23N3O2. The van der Waals surface area contributed by atoms with Gasteiger partial charge in [0.25, 0.3) is 0 Å². The molecule has 1 fully saturated rings. The summed E-state index contributed by atoms with van der Waals surface area (Å²) in [6.07, 6.45) is 4.36. The van der Waals surface area contributed by atoms with Gasteiger partial charge in [-0.3, -0.25) is 4.98 Å². The summed E-state index contributed by atoms with van der Waals surface area (Å²) in [5.41, 5.74) is 0.724. The molecule has 2 rings (SSSR count). The largest absolute Gasteiger partial charge is 0.444 e. The van der Waals surface area contributed by atoms with E-state index in [0.29, 0.717) is 12.6 Å². The first kappa shape index (κ1) is 14.8. The molecule has 5 nitrogen and oxygen atoms in total. The average molecular weight is 277 g/mol. The summed E-state index contributed by atoms with van der Waals surface area (Å²) in [5, 5.41) is 3.46. The molecular weight excluding hydrogens is 254 g/mol. The van der Waals surface area contributed by atoms with E-state index in [1.165, 1.54) is 0 Å². The van der Waals surface area contributed by atoms with Gasteiger partial charge in [-0.1, -0.05) is 6.07 Å². The molecule has 2 heterocycles. The van der Waals surface area contributed by atoms with Crippen LogP contribution in [0.1, 0.15) is 32.8 Å². The Kier molecular flexibility index (Phi) is 4.60. The summed E-state index contributed by atoms with van der Waals surface area (Å²) in [5.74, 6) is 0. The number of carbonyl (C=O) groups excluding carboxylic acids is 1. The van der Waals surface area contributed by atoms with E-state index in [-0.39, 0.29) is 6.09 Å². The molecule has 1 amide bonds. The Hall–Kier alpha value is -1.62. The highest BCUT2D eigenvalue weighted by Gasteiger charge is 2.29. The highest BCUT2D eigenvalue weighted by molar-refractivity contribution is 5.68. The fraction of sp³-hybridized carbons (Fsp3) is 0.600. The van der Waals surface area contributed by atoms with Gasteiger partial charge in [0.1, 0.15) is 5.60 Å². The minimum Gasteiger partial charge on any atom is -0.444 e. The number of hydrogen-bond donors (Lipinski definition) is 1. The molecule has 0 saturated carbocycles. The summed E-state index contributed by atoms with van der Waals surface area (Å²) in [7, 11) is 0. The summed E-state index contributed by atoms with van der Waals surface area (Å²) in [6.45, 7) is 7.90. The van der Waals surface area contributed by atoms with Crippen molar-refractivity contribution in [2.24, 2.45) is 0 Å². The van der Waals surface area contributed by atoms with E-state index in [1.807, 2.05) is 39.1 Å². The van der Waals surface area contributed by atoms with E-state index in [1.54, 1.807) is 11.1 Å². The van der Waals surface area contributed by atoms with E-state index < -0.39 is 5.60 Å². The second-order valence-electron chi connectivity index (χ2n) is 6.15. The van der Waals surface area contributed by atoms with Crippen molar-refractivity contribution >= 4 is 6.09 Å². The number of pyridine rings is 1. The zero-order valence-electron chi connectivity index (χ0n) is 12.4. The Morgan fingerprint density at radius 2 is 2.35 bits per heavy atom. The maximum Gasteiger partial charge on any atom is 0.410 e. The minimum atomic E-state index is -0.432. The first-order chi connectivity index (χ1) is 9.44. The fourth-order valence-corrected chi connectivity index (χ4v) is 2.18. The van der Waals surface area contributed by atoms with Crippen molar-refractivity contribution in [1.82, 2.24) is 15.2 Å². The molecule has 1 aliphatic rings. The zero-order valence-corrected chi connectivity index (χ0v) is 12.4. The quantitative estimate of drug-likeness (QED) is 0.920. The van der Waals surface area contributed by atoms with E-state index in [9.17, 15) is 4.79 Å². The molecule has 1 aliphatic heterocycles. The van der Waals surface area contributed by atoms with Crippen molar-refractivity contribution in [3.63, 3.8) is 0 Å². The fourth-order valence-electron chi connectivity index (χ4n) is 2.18. The van der Waals surface area contributed by atoms with E-state index >= 15 is 0 Å². The van der Waals surface area contributed by atoms with Crippen LogP contribution >= 0.6 is 0 Å². The van der Waals surface area contributed by atoms with Crippen LogP contribution in [0.25, 0.3) is 0 Å². The molecule has 0 spiro atoms. The van der Waals surface area contributed by atoms with Crippen LogP contribution in [0.5, 0.6) is 0 Å². The average Bonchev–Trinajstić information content (AvgIpc) is 2.84. The number of ether oxygens (including phenoxy) is 1. The Balaban J connectivity index is 1.76. The molecule has 5 heteroatoms. The van der Waals surface area contributed by atoms with Crippen LogP contribution in [0.4, 0.5) is 4.79 Å². The van der Waals surface area contributed by atoms with Crippen LogP contribution in [0.2, 0.25) is 0 Å². The zero-order chi connectivity index (χ0) is 14.6. The van der Waals surface area contributed by atoms with Crippen LogP contribution in [0, 0.1) is 0 Å². The number of nitrogens with zero attached hydrogens (tertiary/aromatic N) is 2. The monoisotopic (exact) mass is 277 g/mol. The van der Waals surface area contributed by atoms with Gasteiger partial charge in [-0.25, -0.2) is 4.79 Å². The minimum absolute atomic E-state index is 0.219. The molecule has 0 aliphatic carbocycles. The van der Waals surface area contributed by atoms with E-state index in [0.717, 1.165) is 25.1 Å². The second-order valence-corrected chi connectivity index (χ2v) is 6.15. The van der Waals surface area contributed by atoms with Crippen LogP contribution in [-0.4, -0.2) is 40.7 Å². The van der Waals surface area contributed by atoms with Crippen molar-refractivity contribution in [1.29, 1.82) is 0 Å². The lowest BCUT2D eigenvalue weighted by atomic mass is 10.2. The predicted octanol–water partition coefficient (Wildman–Crippen LogP) is 2.18. The third kappa shape index (κ3) is 4.49. The van der Waals surface area contributed by atoms with Crippen LogP contribution in [0.3, 0.4) is 0 Å². The highest BCUT2D eigenvalue weighted by Crippen LogP contribution is 2.15. The predicted molar refractivity (Wildman–Crippen MR) is 77.3 cm³/mol. The maximum atomic E-state index is 11.9. The van der Waals surface area contributed by atoms with Gasteiger partial charge in [0, 0.05) is 38.1 Å². The van der Waals surface area contributed by atoms with Gasteiger partial charge in [-0.15, -0.1) is 0 Å². The summed E-state index contributed by atoms with van der Waals surface area (Å²) >= 11 is 0. The lowest BCUT2D eigenvalue weighted by Gasteiger charge is -2.24. The Morgan fingerprint density at radius 3 is 3.00 bits per heavy atom. The van der Waals surface area contributed by atoms with Gasteiger partial charge in [-0.2, -0.15) is 0 Å². The maximum absolute atomic E-state index is 11.9. The van der Waals surface area contributed by atoms with E-state index in [4.69, 9.17) is 4.74 Å². The molecule has 1 saturated heterocycles. The van der Waals surface area contributed by atoms with E-state index in [2.05, 4.69) is 10.3 Å². The third-order valence-electron chi connectivity index (χ3n) is 3.16. The summed E-state index contributed by atoms with van der Waals surface area (Å²) < 4.78 is 5.38. The van der Waals surface area contributed by atoms with Crippen LogP contribution in [0.15, 0.2) is 24.5 Å². The van der Waals surface area contributed by atoms with Crippen molar-refractivity contribution in [3.05, 3.63) is 30.1 Å². The molecule has 0 aromatic carbocycles. The van der Waals surface area contributed by atoms with Crippen molar-refractivity contribution in [2.75, 3.05) is 13.1 Å². The first-order valence-electron chi connectivity index (χ1n) is 7.04. The number of amides is 1. The number of hydrogen-bond acceptors (Lipinski definition) is 4. The standard InChI is InChI=1S/C15H23N3O2/c1-15(2,3)20-14(19)18-8-6-13(11-18)17-10-12-5-4-7-16-9-12/h4-5,7,9,13,17H,6,8,10-11H2,1-3H3/t13-/m0/s1. The molecule has 1 aromatic rings. The van der Waals surface area contributed by atoms with Crippen molar-refractivity contribution in [2.45, 2.75) is 45.4 Å². The topological polar surface area (TPSA) is 54.5 Å². The number of likely N-dealkylation sites (tertiary alicyclic amines) is 1. The van der Waals surface area contributed by atoms with Gasteiger partial charge in [0.15, 0.2) is 0 Å². The molecule has 110 valence electrons. The number of rotatable bonds is 3. The smallest absolute Gasteiger partial charge is 0.410 e. The van der Waals surface area contributed by atoms with Gasteiger partial charge < -0.3 is 15.0 Å². The number of nitrogens with one attached hydrogen (secondary N) is 1. The van der Waals surface area contributed by atoms with Crippen LogP contribution < -0.4 is 5.32 Å². The summed E-state index contributed by atoms with van der Waals surface area (Å²) in [4.78, 5) is 17.8. The molecule has 1 aromatic heterocycles. The molecule has 1 atom stereocenters. The molecule has 0 unspecified atom stereocenters. The van der Waals surface area contributed by atoms with Gasteiger partial charge in [0.05, 0.1) is 0 Å². The Labute approximate surface area is 120 Å². The normalized spacial score (nSPS) is 19.1. The lowest BCUT2D eigenvalue weighted by Crippen LogP contribution is -2.38. The highest BCUT2D eigenvalue weighted by atomic mass is 16.6. The van der Waals surface area contributed by atoms with Crippen molar-refractivity contribution < 1.29 is 9.53 Å². The molecule has 0 radical (unpaired) electrons. The second kappa shape index (κ2) is 6.22. The van der Waals surface area contributed by atoms with Gasteiger partial charge >= 0.3 is 6.09 Å². The summed E-state index contributed by atoms with van der Waals surface area (Å²) in [6, 6.07) is 4.29. The number of aromatic nitrogens is 1. The number of carbonyl (C=O) groups is 1. The Bertz CT molecular complexity index is 442.